The minimum Gasteiger partial charge on any atom is -0.481 e. The predicted octanol–water partition coefficient (Wildman–Crippen LogP) is 2.03. The molecule has 1 amide bonds. The molecule has 0 aliphatic carbocycles. The van der Waals surface area contributed by atoms with E-state index in [9.17, 15) is 9.59 Å². The van der Waals surface area contributed by atoms with Crippen molar-refractivity contribution in [1.82, 2.24) is 9.88 Å². The smallest absolute Gasteiger partial charge is 0.305 e. The van der Waals surface area contributed by atoms with Crippen molar-refractivity contribution >= 4 is 23.2 Å². The molecule has 0 radical (unpaired) electrons. The Morgan fingerprint density at radius 3 is 3.04 bits per heavy atom. The van der Waals surface area contributed by atoms with E-state index in [-0.39, 0.29) is 18.9 Å². The average molecular weight is 336 g/mol. The van der Waals surface area contributed by atoms with Crippen LogP contribution in [0.2, 0.25) is 0 Å². The summed E-state index contributed by atoms with van der Waals surface area (Å²) in [6.45, 7) is 2.82. The fourth-order valence-electron chi connectivity index (χ4n) is 2.53. The number of carbonyl (C=O) groups excluding carboxylic acids is 1. The number of amides is 1. The number of rotatable bonds is 4. The van der Waals surface area contributed by atoms with Gasteiger partial charge in [0, 0.05) is 11.4 Å². The Kier molecular flexibility index (Phi) is 4.44. The molecule has 1 aliphatic rings. The van der Waals surface area contributed by atoms with Crippen molar-refractivity contribution in [3.05, 3.63) is 29.0 Å². The Bertz CT molecular complexity index is 710. The molecule has 1 atom stereocenters. The molecular formula is C15H16N2O5S. The van der Waals surface area contributed by atoms with Crippen molar-refractivity contribution in [2.24, 2.45) is 0 Å². The first-order valence-corrected chi connectivity index (χ1v) is 7.99. The Morgan fingerprint density at radius 1 is 1.52 bits per heavy atom. The summed E-state index contributed by atoms with van der Waals surface area (Å²) >= 11 is 1.38. The first-order valence-electron chi connectivity index (χ1n) is 7.18. The summed E-state index contributed by atoms with van der Waals surface area (Å²) in [4.78, 5) is 30.5. The number of hydrogen-bond donors (Lipinski definition) is 1. The lowest BCUT2D eigenvalue weighted by atomic mass is 10.1. The van der Waals surface area contributed by atoms with E-state index in [1.807, 2.05) is 6.92 Å². The van der Waals surface area contributed by atoms with E-state index in [0.717, 1.165) is 4.88 Å². The van der Waals surface area contributed by atoms with Gasteiger partial charge in [0.1, 0.15) is 5.69 Å². The zero-order valence-electron chi connectivity index (χ0n) is 12.5. The van der Waals surface area contributed by atoms with Crippen molar-refractivity contribution < 1.29 is 23.8 Å². The highest BCUT2D eigenvalue weighted by Gasteiger charge is 2.32. The van der Waals surface area contributed by atoms with Crippen molar-refractivity contribution in [2.45, 2.75) is 19.4 Å². The number of furan rings is 1. The molecular weight excluding hydrogens is 320 g/mol. The Labute approximate surface area is 136 Å². The lowest BCUT2D eigenvalue weighted by Gasteiger charge is -2.34. The van der Waals surface area contributed by atoms with Gasteiger partial charge in [-0.3, -0.25) is 9.59 Å². The van der Waals surface area contributed by atoms with Gasteiger partial charge in [-0.2, -0.15) is 0 Å². The minimum absolute atomic E-state index is 0.139. The summed E-state index contributed by atoms with van der Waals surface area (Å²) in [7, 11) is 0. The molecule has 1 aliphatic heterocycles. The number of carbonyl (C=O) groups is 2. The van der Waals surface area contributed by atoms with Gasteiger partial charge >= 0.3 is 5.97 Å². The molecule has 1 saturated heterocycles. The molecule has 1 unspecified atom stereocenters. The summed E-state index contributed by atoms with van der Waals surface area (Å²) in [5, 5.41) is 9.64. The molecule has 0 spiro atoms. The van der Waals surface area contributed by atoms with E-state index in [2.05, 4.69) is 4.98 Å². The summed E-state index contributed by atoms with van der Waals surface area (Å²) in [6.07, 6.45) is 1.42. The average Bonchev–Trinajstić information content (AvgIpc) is 3.15. The third kappa shape index (κ3) is 3.27. The second-order valence-electron chi connectivity index (χ2n) is 5.23. The number of aromatic nitrogens is 1. The molecule has 0 saturated carbocycles. The van der Waals surface area contributed by atoms with Gasteiger partial charge in [-0.25, -0.2) is 4.98 Å². The van der Waals surface area contributed by atoms with E-state index in [0.29, 0.717) is 29.6 Å². The first-order chi connectivity index (χ1) is 11.1. The van der Waals surface area contributed by atoms with Crippen LogP contribution in [0.1, 0.15) is 21.8 Å². The van der Waals surface area contributed by atoms with Crippen molar-refractivity contribution in [3.63, 3.8) is 0 Å². The van der Waals surface area contributed by atoms with Gasteiger partial charge in [0.2, 0.25) is 0 Å². The number of hydrogen-bond acceptors (Lipinski definition) is 6. The van der Waals surface area contributed by atoms with Crippen molar-refractivity contribution in [2.75, 3.05) is 19.8 Å². The highest BCUT2D eigenvalue weighted by atomic mass is 32.1. The Hall–Kier alpha value is -2.19. The predicted molar refractivity (Wildman–Crippen MR) is 82.4 cm³/mol. The summed E-state index contributed by atoms with van der Waals surface area (Å²) in [6, 6.07) is 3.08. The number of thiazole rings is 1. The summed E-state index contributed by atoms with van der Waals surface area (Å²) in [5.74, 6) is -0.600. The van der Waals surface area contributed by atoms with Crippen molar-refractivity contribution in [1.29, 1.82) is 0 Å². The molecule has 2 aromatic heterocycles. The normalized spacial score (nSPS) is 18.1. The molecule has 1 N–H and O–H groups in total. The van der Waals surface area contributed by atoms with Gasteiger partial charge in [0.25, 0.3) is 5.91 Å². The van der Waals surface area contributed by atoms with Crippen LogP contribution in [0.15, 0.2) is 22.8 Å². The van der Waals surface area contributed by atoms with Crippen molar-refractivity contribution in [3.8, 4) is 10.8 Å². The SMILES string of the molecule is Cc1sc(-c2ccco2)nc1C(=O)N1CCOCC1CC(=O)O. The second kappa shape index (κ2) is 6.51. The zero-order valence-corrected chi connectivity index (χ0v) is 13.3. The standard InChI is InChI=1S/C15H16N2O5S/c1-9-13(16-14(23-9)11-3-2-5-22-11)15(20)17-4-6-21-8-10(17)7-12(18)19/h2-3,5,10H,4,6-8H2,1H3,(H,18,19). The van der Waals surface area contributed by atoms with Crippen LogP contribution in [0.4, 0.5) is 0 Å². The molecule has 23 heavy (non-hydrogen) atoms. The second-order valence-corrected chi connectivity index (χ2v) is 6.43. The highest BCUT2D eigenvalue weighted by Crippen LogP contribution is 2.29. The largest absolute Gasteiger partial charge is 0.481 e. The van der Waals surface area contributed by atoms with Crippen LogP contribution in [0.3, 0.4) is 0 Å². The molecule has 1 fully saturated rings. The molecule has 3 rings (SSSR count). The third-order valence-corrected chi connectivity index (χ3v) is 4.62. The lowest BCUT2D eigenvalue weighted by Crippen LogP contribution is -2.49. The van der Waals surface area contributed by atoms with Gasteiger partial charge in [-0.15, -0.1) is 11.3 Å². The monoisotopic (exact) mass is 336 g/mol. The number of carboxylic acids is 1. The zero-order chi connectivity index (χ0) is 16.4. The van der Waals surface area contributed by atoms with Gasteiger partial charge in [0.05, 0.1) is 31.9 Å². The van der Waals surface area contributed by atoms with Crippen LogP contribution in [-0.2, 0) is 9.53 Å². The Balaban J connectivity index is 1.85. The van der Waals surface area contributed by atoms with Gasteiger partial charge < -0.3 is 19.2 Å². The molecule has 8 heteroatoms. The van der Waals surface area contributed by atoms with Crippen LogP contribution in [0.25, 0.3) is 10.8 Å². The van der Waals surface area contributed by atoms with Gasteiger partial charge in [-0.1, -0.05) is 0 Å². The van der Waals surface area contributed by atoms with Crippen LogP contribution in [0, 0.1) is 6.92 Å². The summed E-state index contributed by atoms with van der Waals surface area (Å²) in [5.41, 5.74) is 0.346. The fourth-order valence-corrected chi connectivity index (χ4v) is 3.40. The van der Waals surface area contributed by atoms with Crippen LogP contribution in [0.5, 0.6) is 0 Å². The highest BCUT2D eigenvalue weighted by molar-refractivity contribution is 7.15. The maximum absolute atomic E-state index is 12.8. The van der Waals surface area contributed by atoms with Crippen LogP contribution >= 0.6 is 11.3 Å². The Morgan fingerprint density at radius 2 is 2.35 bits per heavy atom. The van der Waals surface area contributed by atoms with Gasteiger partial charge in [0.15, 0.2) is 10.8 Å². The van der Waals surface area contributed by atoms with Crippen LogP contribution in [-0.4, -0.2) is 52.7 Å². The number of ether oxygens (including phenoxy) is 1. The minimum atomic E-state index is -0.954. The number of nitrogens with zero attached hydrogens (tertiary/aromatic N) is 2. The number of aliphatic carboxylic acids is 1. The molecule has 122 valence electrons. The van der Waals surface area contributed by atoms with Crippen LogP contribution < -0.4 is 0 Å². The van der Waals surface area contributed by atoms with E-state index < -0.39 is 12.0 Å². The number of aryl methyl sites for hydroxylation is 1. The maximum Gasteiger partial charge on any atom is 0.305 e. The number of carboxylic acid groups (broad SMARTS) is 1. The first kappa shape index (κ1) is 15.7. The quantitative estimate of drug-likeness (QED) is 0.918. The molecule has 3 heterocycles. The third-order valence-electron chi connectivity index (χ3n) is 3.63. The molecule has 7 nitrogen and oxygen atoms in total. The molecule has 0 bridgehead atoms. The molecule has 2 aromatic rings. The number of morpholine rings is 1. The lowest BCUT2D eigenvalue weighted by molar-refractivity contribution is -0.139. The van der Waals surface area contributed by atoms with Gasteiger partial charge in [-0.05, 0) is 19.1 Å². The fraction of sp³-hybridized carbons (Fsp3) is 0.400. The summed E-state index contributed by atoms with van der Waals surface area (Å²) < 4.78 is 10.6. The van der Waals surface area contributed by atoms with E-state index >= 15 is 0 Å². The maximum atomic E-state index is 12.8. The van der Waals surface area contributed by atoms with E-state index in [1.54, 1.807) is 23.3 Å². The van der Waals surface area contributed by atoms with E-state index in [1.165, 1.54) is 11.3 Å². The molecule has 0 aromatic carbocycles. The van der Waals surface area contributed by atoms with E-state index in [4.69, 9.17) is 14.3 Å². The topological polar surface area (TPSA) is 92.9 Å².